The van der Waals surface area contributed by atoms with Gasteiger partial charge >= 0.3 is 0 Å². The van der Waals surface area contributed by atoms with Gasteiger partial charge in [-0.25, -0.2) is 0 Å². The number of hydrogen-bond donors (Lipinski definition) is 1. The number of likely N-dealkylation sites (N-methyl/N-ethyl adjacent to an activating group) is 1. The Balaban J connectivity index is 1.67. The summed E-state index contributed by atoms with van der Waals surface area (Å²) in [5.74, 6) is 0. The van der Waals surface area contributed by atoms with Crippen LogP contribution in [0.5, 0.6) is 0 Å². The van der Waals surface area contributed by atoms with Crippen LogP contribution in [0.15, 0.2) is 0 Å². The molecule has 1 aliphatic carbocycles. The molecule has 0 atom stereocenters. The molecule has 106 valence electrons. The monoisotopic (exact) mass is 255 g/mol. The Labute approximate surface area is 111 Å². The Hall–Kier alpha value is -0.160. The molecule has 0 radical (unpaired) electrons. The fourth-order valence-corrected chi connectivity index (χ4v) is 3.07. The summed E-state index contributed by atoms with van der Waals surface area (Å²) in [5, 5.41) is 0. The van der Waals surface area contributed by atoms with Crippen molar-refractivity contribution in [3.05, 3.63) is 0 Å². The lowest BCUT2D eigenvalue weighted by atomic mass is 9.85. The summed E-state index contributed by atoms with van der Waals surface area (Å²) in [6, 6.07) is 0. The highest BCUT2D eigenvalue weighted by molar-refractivity contribution is 4.85. The Morgan fingerprint density at radius 1 is 1.06 bits per heavy atom. The van der Waals surface area contributed by atoms with E-state index in [0.717, 1.165) is 26.0 Å². The van der Waals surface area contributed by atoms with E-state index in [2.05, 4.69) is 16.8 Å². The SMILES string of the molecule is CN1CCN(CCOC2(CN)CCCCC2)CC1. The standard InChI is InChI=1S/C14H29N3O/c1-16-7-9-17(10-8-16)11-12-18-14(13-15)5-3-2-4-6-14/h2-13,15H2,1H3. The molecule has 0 spiro atoms. The molecule has 0 aromatic heterocycles. The summed E-state index contributed by atoms with van der Waals surface area (Å²) in [6.45, 7) is 7.32. The van der Waals surface area contributed by atoms with Crippen molar-refractivity contribution in [3.63, 3.8) is 0 Å². The normalized spacial score (nSPS) is 26.3. The predicted octanol–water partition coefficient (Wildman–Crippen LogP) is 0.912. The van der Waals surface area contributed by atoms with Crippen molar-refractivity contribution >= 4 is 0 Å². The Morgan fingerprint density at radius 2 is 1.72 bits per heavy atom. The predicted molar refractivity (Wildman–Crippen MR) is 74.8 cm³/mol. The Kier molecular flexibility index (Phi) is 5.42. The summed E-state index contributed by atoms with van der Waals surface area (Å²) in [5.41, 5.74) is 5.94. The van der Waals surface area contributed by atoms with Gasteiger partial charge in [0.2, 0.25) is 0 Å². The van der Waals surface area contributed by atoms with Gasteiger partial charge in [0.25, 0.3) is 0 Å². The van der Waals surface area contributed by atoms with Crippen LogP contribution in [0, 0.1) is 0 Å². The van der Waals surface area contributed by atoms with Crippen molar-refractivity contribution in [3.8, 4) is 0 Å². The topological polar surface area (TPSA) is 41.7 Å². The fraction of sp³-hybridized carbons (Fsp3) is 1.00. The van der Waals surface area contributed by atoms with Crippen molar-refractivity contribution in [2.24, 2.45) is 5.73 Å². The molecule has 2 aliphatic rings. The number of rotatable bonds is 5. The molecular formula is C14H29N3O. The maximum Gasteiger partial charge on any atom is 0.0804 e. The summed E-state index contributed by atoms with van der Waals surface area (Å²) in [6.07, 6.45) is 6.24. The fourth-order valence-electron chi connectivity index (χ4n) is 3.07. The van der Waals surface area contributed by atoms with Crippen LogP contribution in [0.3, 0.4) is 0 Å². The average molecular weight is 255 g/mol. The quantitative estimate of drug-likeness (QED) is 0.793. The van der Waals surface area contributed by atoms with Crippen LogP contribution in [0.2, 0.25) is 0 Å². The summed E-state index contributed by atoms with van der Waals surface area (Å²) in [7, 11) is 2.19. The second-order valence-electron chi connectivity index (χ2n) is 5.94. The molecule has 4 heteroatoms. The summed E-state index contributed by atoms with van der Waals surface area (Å²) < 4.78 is 6.17. The van der Waals surface area contributed by atoms with Crippen LogP contribution >= 0.6 is 0 Å². The van der Waals surface area contributed by atoms with Crippen molar-refractivity contribution in [2.75, 3.05) is 52.9 Å². The van der Waals surface area contributed by atoms with E-state index in [0.29, 0.717) is 6.54 Å². The third-order valence-electron chi connectivity index (χ3n) is 4.55. The van der Waals surface area contributed by atoms with Gasteiger partial charge in [-0.15, -0.1) is 0 Å². The van der Waals surface area contributed by atoms with Crippen molar-refractivity contribution < 1.29 is 4.74 Å². The molecule has 1 heterocycles. The third kappa shape index (κ3) is 3.92. The summed E-state index contributed by atoms with van der Waals surface area (Å²) >= 11 is 0. The lowest BCUT2D eigenvalue weighted by molar-refractivity contribution is -0.0706. The first-order valence-corrected chi connectivity index (χ1v) is 7.49. The van der Waals surface area contributed by atoms with Crippen LogP contribution < -0.4 is 5.73 Å². The van der Waals surface area contributed by atoms with E-state index >= 15 is 0 Å². The van der Waals surface area contributed by atoms with Gasteiger partial charge in [-0.2, -0.15) is 0 Å². The number of nitrogens with two attached hydrogens (primary N) is 1. The largest absolute Gasteiger partial charge is 0.372 e. The van der Waals surface area contributed by atoms with Gasteiger partial charge in [0, 0.05) is 39.3 Å². The molecule has 1 saturated heterocycles. The third-order valence-corrected chi connectivity index (χ3v) is 4.55. The second-order valence-corrected chi connectivity index (χ2v) is 5.94. The van der Waals surface area contributed by atoms with Crippen molar-refractivity contribution in [1.82, 2.24) is 9.80 Å². The van der Waals surface area contributed by atoms with E-state index in [1.54, 1.807) is 0 Å². The zero-order valence-electron chi connectivity index (χ0n) is 11.9. The Bertz CT molecular complexity index is 233. The molecule has 2 rings (SSSR count). The Morgan fingerprint density at radius 3 is 2.33 bits per heavy atom. The molecule has 1 aliphatic heterocycles. The first-order chi connectivity index (χ1) is 8.74. The van der Waals surface area contributed by atoms with E-state index in [1.165, 1.54) is 45.4 Å². The van der Waals surface area contributed by atoms with Gasteiger partial charge in [0.1, 0.15) is 0 Å². The van der Waals surface area contributed by atoms with E-state index in [1.807, 2.05) is 0 Å². The number of piperazine rings is 1. The molecule has 0 bridgehead atoms. The van der Waals surface area contributed by atoms with Crippen LogP contribution in [-0.2, 0) is 4.74 Å². The first kappa shape index (κ1) is 14.3. The molecular weight excluding hydrogens is 226 g/mol. The lowest BCUT2D eigenvalue weighted by Crippen LogP contribution is -2.47. The summed E-state index contributed by atoms with van der Waals surface area (Å²) in [4.78, 5) is 4.90. The van der Waals surface area contributed by atoms with E-state index in [-0.39, 0.29) is 5.60 Å². The molecule has 0 unspecified atom stereocenters. The van der Waals surface area contributed by atoms with Crippen LogP contribution in [0.4, 0.5) is 0 Å². The molecule has 0 amide bonds. The van der Waals surface area contributed by atoms with Gasteiger partial charge in [0.15, 0.2) is 0 Å². The molecule has 18 heavy (non-hydrogen) atoms. The second kappa shape index (κ2) is 6.85. The zero-order chi connectivity index (χ0) is 12.8. The van der Waals surface area contributed by atoms with Crippen LogP contribution in [0.1, 0.15) is 32.1 Å². The highest BCUT2D eigenvalue weighted by Gasteiger charge is 2.31. The highest BCUT2D eigenvalue weighted by atomic mass is 16.5. The minimum absolute atomic E-state index is 0.00479. The first-order valence-electron chi connectivity index (χ1n) is 7.49. The average Bonchev–Trinajstić information content (AvgIpc) is 2.42. The maximum atomic E-state index is 6.17. The van der Waals surface area contributed by atoms with Gasteiger partial charge in [0.05, 0.1) is 12.2 Å². The highest BCUT2D eigenvalue weighted by Crippen LogP contribution is 2.30. The molecule has 1 saturated carbocycles. The van der Waals surface area contributed by atoms with Gasteiger partial charge in [-0.05, 0) is 19.9 Å². The van der Waals surface area contributed by atoms with E-state index in [9.17, 15) is 0 Å². The number of ether oxygens (including phenoxy) is 1. The molecule has 2 N–H and O–H groups in total. The van der Waals surface area contributed by atoms with Crippen molar-refractivity contribution in [1.29, 1.82) is 0 Å². The molecule has 4 nitrogen and oxygen atoms in total. The minimum atomic E-state index is 0.00479. The van der Waals surface area contributed by atoms with Gasteiger partial charge in [-0.3, -0.25) is 4.90 Å². The maximum absolute atomic E-state index is 6.17. The molecule has 0 aromatic carbocycles. The number of nitrogens with zero attached hydrogens (tertiary/aromatic N) is 2. The van der Waals surface area contributed by atoms with Crippen LogP contribution in [0.25, 0.3) is 0 Å². The van der Waals surface area contributed by atoms with Gasteiger partial charge in [-0.1, -0.05) is 19.3 Å². The van der Waals surface area contributed by atoms with E-state index < -0.39 is 0 Å². The van der Waals surface area contributed by atoms with Gasteiger partial charge < -0.3 is 15.4 Å². The zero-order valence-corrected chi connectivity index (χ0v) is 11.9. The minimum Gasteiger partial charge on any atom is -0.372 e. The lowest BCUT2D eigenvalue weighted by Gasteiger charge is -2.38. The van der Waals surface area contributed by atoms with E-state index in [4.69, 9.17) is 10.5 Å². The number of hydrogen-bond acceptors (Lipinski definition) is 4. The van der Waals surface area contributed by atoms with Crippen LogP contribution in [-0.4, -0.2) is 68.3 Å². The molecule has 2 fully saturated rings. The smallest absolute Gasteiger partial charge is 0.0804 e. The molecule has 0 aromatic rings. The van der Waals surface area contributed by atoms with Crippen molar-refractivity contribution in [2.45, 2.75) is 37.7 Å².